The van der Waals surface area contributed by atoms with Crippen molar-refractivity contribution in [2.24, 2.45) is 0 Å². The zero-order valence-corrected chi connectivity index (χ0v) is 28.4. The number of hydrogen-bond acceptors (Lipinski definition) is 0. The smallest absolute Gasteiger partial charge is 0.000731 e. The van der Waals surface area contributed by atoms with Crippen molar-refractivity contribution in [3.05, 3.63) is 100 Å². The second-order valence-electron chi connectivity index (χ2n) is 14.0. The molecular weight excluding hydrogens is 504 g/mol. The number of aryl methyl sites for hydroxylation is 8. The first-order chi connectivity index (χ1) is 19.7. The predicted octanol–water partition coefficient (Wildman–Crippen LogP) is 11.5. The van der Waals surface area contributed by atoms with E-state index >= 15 is 0 Å². The minimum absolute atomic E-state index is 1.06. The standard InChI is InChI=1S/C42H46/c1-17-19(3)23(7)37-29(13)41-31(27(11)35(37)21(17)5)15-33-34-16-32-28(12)36-22(6)18(2)20(4)24(8)38(36)30(14)42(32)40(34)26(10)25(9)39(33)41/h15-16H2,1-14H3. The molecule has 0 nitrogen and oxygen atoms in total. The highest BCUT2D eigenvalue weighted by Gasteiger charge is 2.36. The highest BCUT2D eigenvalue weighted by Crippen LogP contribution is 2.56. The maximum Gasteiger partial charge on any atom is -0.000731 e. The highest BCUT2D eigenvalue weighted by atomic mass is 14.4. The van der Waals surface area contributed by atoms with Crippen molar-refractivity contribution >= 4 is 21.5 Å². The molecule has 5 aromatic carbocycles. The lowest BCUT2D eigenvalue weighted by molar-refractivity contribution is 1.13. The fourth-order valence-electron chi connectivity index (χ4n) is 9.55. The summed E-state index contributed by atoms with van der Waals surface area (Å²) in [5, 5.41) is 6.00. The summed E-state index contributed by atoms with van der Waals surface area (Å²) in [7, 11) is 0. The topological polar surface area (TPSA) is 0 Å². The lowest BCUT2D eigenvalue weighted by Gasteiger charge is -2.23. The van der Waals surface area contributed by atoms with E-state index in [1.54, 1.807) is 33.4 Å². The lowest BCUT2D eigenvalue weighted by Crippen LogP contribution is -2.02. The molecule has 0 aliphatic heterocycles. The summed E-state index contributed by atoms with van der Waals surface area (Å²) >= 11 is 0. The van der Waals surface area contributed by atoms with Crippen LogP contribution in [0.1, 0.15) is 100 Å². The SMILES string of the molecule is Cc1c(C)c2c(c3c1-c1c(c(C)c4c(C)c(C)c(C)c(C)c4c1C)C3)Cc1c-2c(C)c2c(C)c(C)c(C)c(C)c2c1C. The highest BCUT2D eigenvalue weighted by molar-refractivity contribution is 6.07. The molecule has 0 aromatic heterocycles. The molecule has 0 atom stereocenters. The molecule has 5 aromatic rings. The van der Waals surface area contributed by atoms with Gasteiger partial charge in [-0.2, -0.15) is 0 Å². The van der Waals surface area contributed by atoms with Crippen LogP contribution in [0.5, 0.6) is 0 Å². The zero-order valence-electron chi connectivity index (χ0n) is 28.4. The molecule has 0 radical (unpaired) electrons. The van der Waals surface area contributed by atoms with Gasteiger partial charge in [0.2, 0.25) is 0 Å². The van der Waals surface area contributed by atoms with Gasteiger partial charge in [0.05, 0.1) is 0 Å². The Labute approximate surface area is 253 Å². The molecule has 42 heavy (non-hydrogen) atoms. The van der Waals surface area contributed by atoms with Gasteiger partial charge in [-0.05, 0) is 254 Å². The van der Waals surface area contributed by atoms with Gasteiger partial charge in [0, 0.05) is 0 Å². The molecule has 0 fully saturated rings. The third-order valence-electron chi connectivity index (χ3n) is 12.6. The minimum atomic E-state index is 1.06. The van der Waals surface area contributed by atoms with Crippen LogP contribution >= 0.6 is 0 Å². The second kappa shape index (κ2) is 8.59. The number of benzene rings is 5. The summed E-state index contributed by atoms with van der Waals surface area (Å²) in [5.74, 6) is 0. The maximum atomic E-state index is 2.41. The molecule has 0 unspecified atom stereocenters. The second-order valence-corrected chi connectivity index (χ2v) is 14.0. The lowest BCUT2D eigenvalue weighted by atomic mass is 9.81. The number of hydrogen-bond donors (Lipinski definition) is 0. The molecule has 2 aliphatic carbocycles. The summed E-state index contributed by atoms with van der Waals surface area (Å²) < 4.78 is 0. The Kier molecular flexibility index (Phi) is 5.62. The fourth-order valence-corrected chi connectivity index (χ4v) is 9.55. The van der Waals surface area contributed by atoms with Crippen LogP contribution in [0.2, 0.25) is 0 Å². The average Bonchev–Trinajstić information content (AvgIpc) is 3.56. The Bertz CT molecular complexity index is 1990. The van der Waals surface area contributed by atoms with E-state index in [2.05, 4.69) is 96.9 Å². The van der Waals surface area contributed by atoms with E-state index in [-0.39, 0.29) is 0 Å². The van der Waals surface area contributed by atoms with Crippen LogP contribution in [0.3, 0.4) is 0 Å². The van der Waals surface area contributed by atoms with Crippen molar-refractivity contribution in [3.8, 4) is 22.3 Å². The Morgan fingerprint density at radius 3 is 0.738 bits per heavy atom. The first-order valence-electron chi connectivity index (χ1n) is 15.9. The number of rotatable bonds is 0. The minimum Gasteiger partial charge on any atom is -0.0444 e. The zero-order chi connectivity index (χ0) is 30.4. The predicted molar refractivity (Wildman–Crippen MR) is 184 cm³/mol. The summed E-state index contributed by atoms with van der Waals surface area (Å²) in [6, 6.07) is 0. The van der Waals surface area contributed by atoms with Crippen molar-refractivity contribution in [1.29, 1.82) is 0 Å². The molecule has 0 spiro atoms. The van der Waals surface area contributed by atoms with Crippen LogP contribution in [0.15, 0.2) is 0 Å². The van der Waals surface area contributed by atoms with E-state index in [1.807, 2.05) is 0 Å². The van der Waals surface area contributed by atoms with Crippen LogP contribution in [-0.2, 0) is 12.8 Å². The van der Waals surface area contributed by atoms with E-state index in [1.165, 1.54) is 111 Å². The normalized spacial score (nSPS) is 13.3. The van der Waals surface area contributed by atoms with Crippen LogP contribution in [-0.4, -0.2) is 0 Å². The fraction of sp³-hybridized carbons (Fsp3) is 0.381. The van der Waals surface area contributed by atoms with Gasteiger partial charge >= 0.3 is 0 Å². The third kappa shape index (κ3) is 2.99. The maximum absolute atomic E-state index is 2.41. The Morgan fingerprint density at radius 2 is 0.452 bits per heavy atom. The van der Waals surface area contributed by atoms with E-state index in [4.69, 9.17) is 0 Å². The van der Waals surface area contributed by atoms with Crippen LogP contribution in [0.4, 0.5) is 0 Å². The van der Waals surface area contributed by atoms with Crippen molar-refractivity contribution in [1.82, 2.24) is 0 Å². The summed E-state index contributed by atoms with van der Waals surface area (Å²) in [4.78, 5) is 0. The van der Waals surface area contributed by atoms with Gasteiger partial charge in [-0.25, -0.2) is 0 Å². The molecule has 0 N–H and O–H groups in total. The van der Waals surface area contributed by atoms with Gasteiger partial charge in [-0.1, -0.05) is 0 Å². The molecule has 0 heteroatoms. The summed E-state index contributed by atoms with van der Waals surface area (Å²) in [6.07, 6.45) is 2.12. The summed E-state index contributed by atoms with van der Waals surface area (Å²) in [5.41, 5.74) is 33.1. The Morgan fingerprint density at radius 1 is 0.214 bits per heavy atom. The average molecular weight is 551 g/mol. The molecule has 214 valence electrons. The molecule has 7 rings (SSSR count). The van der Waals surface area contributed by atoms with Gasteiger partial charge in [0.1, 0.15) is 0 Å². The molecular formula is C42H46. The van der Waals surface area contributed by atoms with Crippen LogP contribution < -0.4 is 0 Å². The van der Waals surface area contributed by atoms with Crippen molar-refractivity contribution in [2.75, 3.05) is 0 Å². The quantitative estimate of drug-likeness (QED) is 0.176. The first-order valence-corrected chi connectivity index (χ1v) is 15.9. The molecule has 0 heterocycles. The molecule has 0 amide bonds. The van der Waals surface area contributed by atoms with Gasteiger partial charge in [0.15, 0.2) is 0 Å². The molecule has 0 bridgehead atoms. The molecule has 0 saturated carbocycles. The van der Waals surface area contributed by atoms with Gasteiger partial charge in [-0.3, -0.25) is 0 Å². The molecule has 0 saturated heterocycles. The number of fused-ring (bicyclic) bond motifs is 9. The monoisotopic (exact) mass is 550 g/mol. The molecule has 2 aliphatic rings. The van der Waals surface area contributed by atoms with E-state index < -0.39 is 0 Å². The van der Waals surface area contributed by atoms with Crippen molar-refractivity contribution in [3.63, 3.8) is 0 Å². The van der Waals surface area contributed by atoms with E-state index in [0.29, 0.717) is 0 Å². The Balaban J connectivity index is 1.60. The third-order valence-corrected chi connectivity index (χ3v) is 12.6. The van der Waals surface area contributed by atoms with Gasteiger partial charge < -0.3 is 0 Å². The largest absolute Gasteiger partial charge is 0.0444 e. The van der Waals surface area contributed by atoms with Crippen molar-refractivity contribution in [2.45, 2.75) is 110 Å². The Hall–Kier alpha value is -3.38. The van der Waals surface area contributed by atoms with E-state index in [9.17, 15) is 0 Å². The van der Waals surface area contributed by atoms with Gasteiger partial charge in [-0.15, -0.1) is 0 Å². The van der Waals surface area contributed by atoms with Crippen LogP contribution in [0, 0.1) is 96.9 Å². The summed E-state index contributed by atoms with van der Waals surface area (Å²) in [6.45, 7) is 33.1. The van der Waals surface area contributed by atoms with E-state index in [0.717, 1.165) is 12.8 Å². The van der Waals surface area contributed by atoms with Crippen LogP contribution in [0.25, 0.3) is 43.8 Å². The van der Waals surface area contributed by atoms with Gasteiger partial charge in [0.25, 0.3) is 0 Å². The van der Waals surface area contributed by atoms with Crippen molar-refractivity contribution < 1.29 is 0 Å². The first kappa shape index (κ1) is 27.5.